The SMILES string of the molecule is NCc1ccccc1OCCCN1CCCCCC1=O. The maximum absolute atomic E-state index is 11.8. The highest BCUT2D eigenvalue weighted by Crippen LogP contribution is 2.17. The van der Waals surface area contributed by atoms with Gasteiger partial charge < -0.3 is 15.4 Å². The van der Waals surface area contributed by atoms with Crippen molar-refractivity contribution in [3.05, 3.63) is 29.8 Å². The lowest BCUT2D eigenvalue weighted by molar-refractivity contribution is -0.130. The molecule has 110 valence electrons. The number of carbonyl (C=O) groups is 1. The average molecular weight is 276 g/mol. The summed E-state index contributed by atoms with van der Waals surface area (Å²) in [5.41, 5.74) is 6.70. The number of amides is 1. The van der Waals surface area contributed by atoms with Crippen molar-refractivity contribution in [2.24, 2.45) is 5.73 Å². The van der Waals surface area contributed by atoms with Gasteiger partial charge in [0, 0.05) is 31.6 Å². The van der Waals surface area contributed by atoms with E-state index in [2.05, 4.69) is 0 Å². The first-order chi connectivity index (χ1) is 9.81. The first-order valence-electron chi connectivity index (χ1n) is 7.50. The Morgan fingerprint density at radius 3 is 2.90 bits per heavy atom. The lowest BCUT2D eigenvalue weighted by Crippen LogP contribution is -2.32. The van der Waals surface area contributed by atoms with Gasteiger partial charge in [0.15, 0.2) is 0 Å². The van der Waals surface area contributed by atoms with Gasteiger partial charge in [0.2, 0.25) is 5.91 Å². The minimum atomic E-state index is 0.296. The van der Waals surface area contributed by atoms with Crippen molar-refractivity contribution in [3.8, 4) is 5.75 Å². The van der Waals surface area contributed by atoms with E-state index in [1.807, 2.05) is 29.2 Å². The summed E-state index contributed by atoms with van der Waals surface area (Å²) in [6.45, 7) is 2.81. The van der Waals surface area contributed by atoms with E-state index in [4.69, 9.17) is 10.5 Å². The number of hydrogen-bond donors (Lipinski definition) is 1. The predicted octanol–water partition coefficient (Wildman–Crippen LogP) is 2.32. The van der Waals surface area contributed by atoms with Crippen LogP contribution in [0.15, 0.2) is 24.3 Å². The van der Waals surface area contributed by atoms with Gasteiger partial charge in [-0.15, -0.1) is 0 Å². The summed E-state index contributed by atoms with van der Waals surface area (Å²) in [4.78, 5) is 13.8. The van der Waals surface area contributed by atoms with Crippen LogP contribution in [0.3, 0.4) is 0 Å². The van der Waals surface area contributed by atoms with Crippen LogP contribution in [0, 0.1) is 0 Å². The van der Waals surface area contributed by atoms with Crippen LogP contribution in [0.5, 0.6) is 5.75 Å². The van der Waals surface area contributed by atoms with Crippen molar-refractivity contribution in [1.82, 2.24) is 4.90 Å². The van der Waals surface area contributed by atoms with Gasteiger partial charge in [0.25, 0.3) is 0 Å². The standard InChI is InChI=1S/C16H24N2O2/c17-13-14-7-3-4-8-15(14)20-12-6-11-18-10-5-1-2-9-16(18)19/h3-4,7-8H,1-2,5-6,9-13,17H2. The number of para-hydroxylation sites is 1. The molecule has 4 nitrogen and oxygen atoms in total. The van der Waals surface area contributed by atoms with Gasteiger partial charge in [0.05, 0.1) is 6.61 Å². The van der Waals surface area contributed by atoms with Gasteiger partial charge in [-0.05, 0) is 25.3 Å². The molecule has 1 heterocycles. The Labute approximate surface area is 120 Å². The van der Waals surface area contributed by atoms with Crippen LogP contribution < -0.4 is 10.5 Å². The van der Waals surface area contributed by atoms with Crippen molar-refractivity contribution in [2.45, 2.75) is 38.6 Å². The van der Waals surface area contributed by atoms with Crippen LogP contribution in [0.4, 0.5) is 0 Å². The Morgan fingerprint density at radius 2 is 2.05 bits per heavy atom. The molecular weight excluding hydrogens is 252 g/mol. The van der Waals surface area contributed by atoms with Gasteiger partial charge in [0.1, 0.15) is 5.75 Å². The molecule has 0 unspecified atom stereocenters. The molecule has 0 spiro atoms. The van der Waals surface area contributed by atoms with E-state index in [1.54, 1.807) is 0 Å². The molecule has 1 aliphatic rings. The molecule has 20 heavy (non-hydrogen) atoms. The summed E-state index contributed by atoms with van der Waals surface area (Å²) < 4.78 is 5.77. The molecule has 1 aliphatic heterocycles. The molecule has 1 fully saturated rings. The molecular formula is C16H24N2O2. The topological polar surface area (TPSA) is 55.6 Å². The molecule has 1 aromatic carbocycles. The van der Waals surface area contributed by atoms with Gasteiger partial charge in [-0.1, -0.05) is 24.6 Å². The monoisotopic (exact) mass is 276 g/mol. The zero-order valence-corrected chi connectivity index (χ0v) is 12.0. The van der Waals surface area contributed by atoms with E-state index in [9.17, 15) is 4.79 Å². The summed E-state index contributed by atoms with van der Waals surface area (Å²) in [6.07, 6.45) is 4.91. The summed E-state index contributed by atoms with van der Waals surface area (Å²) in [5, 5.41) is 0. The normalized spacial score (nSPS) is 16.1. The minimum absolute atomic E-state index is 0.296. The van der Waals surface area contributed by atoms with E-state index in [0.29, 0.717) is 25.5 Å². The molecule has 0 aliphatic carbocycles. The molecule has 0 saturated carbocycles. The molecule has 1 aromatic rings. The summed E-state index contributed by atoms with van der Waals surface area (Å²) in [5.74, 6) is 1.15. The number of ether oxygens (including phenoxy) is 1. The smallest absolute Gasteiger partial charge is 0.222 e. The Kier molecular flexibility index (Phi) is 5.87. The highest BCUT2D eigenvalue weighted by Gasteiger charge is 2.15. The molecule has 0 atom stereocenters. The fourth-order valence-corrected chi connectivity index (χ4v) is 2.53. The molecule has 0 bridgehead atoms. The van der Waals surface area contributed by atoms with Crippen molar-refractivity contribution < 1.29 is 9.53 Å². The first kappa shape index (κ1) is 14.9. The number of benzene rings is 1. The first-order valence-corrected chi connectivity index (χ1v) is 7.50. The fourth-order valence-electron chi connectivity index (χ4n) is 2.53. The number of nitrogens with two attached hydrogens (primary N) is 1. The van der Waals surface area contributed by atoms with Crippen LogP contribution in [0.2, 0.25) is 0 Å². The molecule has 0 aromatic heterocycles. The van der Waals surface area contributed by atoms with Crippen LogP contribution in [0.1, 0.15) is 37.7 Å². The maximum atomic E-state index is 11.8. The third-order valence-corrected chi connectivity index (χ3v) is 3.69. The number of carbonyl (C=O) groups excluding carboxylic acids is 1. The number of hydrogen-bond acceptors (Lipinski definition) is 3. The quantitative estimate of drug-likeness (QED) is 0.811. The molecule has 2 rings (SSSR count). The van der Waals surface area contributed by atoms with E-state index in [-0.39, 0.29) is 0 Å². The van der Waals surface area contributed by atoms with Crippen LogP contribution in [0.25, 0.3) is 0 Å². The van der Waals surface area contributed by atoms with Gasteiger partial charge in [-0.2, -0.15) is 0 Å². The second-order valence-electron chi connectivity index (χ2n) is 5.21. The zero-order valence-electron chi connectivity index (χ0n) is 12.0. The molecule has 4 heteroatoms. The van der Waals surface area contributed by atoms with Gasteiger partial charge in [-0.3, -0.25) is 4.79 Å². The highest BCUT2D eigenvalue weighted by atomic mass is 16.5. The van der Waals surface area contributed by atoms with Crippen LogP contribution in [-0.4, -0.2) is 30.5 Å². The third kappa shape index (κ3) is 4.23. The summed E-state index contributed by atoms with van der Waals surface area (Å²) in [6, 6.07) is 7.84. The van der Waals surface area contributed by atoms with Crippen molar-refractivity contribution in [2.75, 3.05) is 19.7 Å². The second-order valence-corrected chi connectivity index (χ2v) is 5.21. The van der Waals surface area contributed by atoms with Crippen LogP contribution in [-0.2, 0) is 11.3 Å². The van der Waals surface area contributed by atoms with E-state index in [1.165, 1.54) is 6.42 Å². The largest absolute Gasteiger partial charge is 0.493 e. The summed E-state index contributed by atoms with van der Waals surface area (Å²) in [7, 11) is 0. The fraction of sp³-hybridized carbons (Fsp3) is 0.562. The third-order valence-electron chi connectivity index (χ3n) is 3.69. The second kappa shape index (κ2) is 7.90. The Balaban J connectivity index is 1.74. The molecule has 2 N–H and O–H groups in total. The Bertz CT molecular complexity index is 434. The Hall–Kier alpha value is -1.55. The Morgan fingerprint density at radius 1 is 1.20 bits per heavy atom. The highest BCUT2D eigenvalue weighted by molar-refractivity contribution is 5.76. The summed E-state index contributed by atoms with van der Waals surface area (Å²) >= 11 is 0. The zero-order chi connectivity index (χ0) is 14.2. The van der Waals surface area contributed by atoms with Gasteiger partial charge >= 0.3 is 0 Å². The van der Waals surface area contributed by atoms with Gasteiger partial charge in [-0.25, -0.2) is 0 Å². The lowest BCUT2D eigenvalue weighted by atomic mass is 10.2. The van der Waals surface area contributed by atoms with Crippen molar-refractivity contribution in [1.29, 1.82) is 0 Å². The minimum Gasteiger partial charge on any atom is -0.493 e. The molecule has 1 amide bonds. The van der Waals surface area contributed by atoms with E-state index < -0.39 is 0 Å². The number of likely N-dealkylation sites (tertiary alicyclic amines) is 1. The number of rotatable bonds is 6. The predicted molar refractivity (Wildman–Crippen MR) is 79.5 cm³/mol. The van der Waals surface area contributed by atoms with Crippen molar-refractivity contribution in [3.63, 3.8) is 0 Å². The number of nitrogens with zero attached hydrogens (tertiary/aromatic N) is 1. The lowest BCUT2D eigenvalue weighted by Gasteiger charge is -2.20. The molecule has 0 radical (unpaired) electrons. The van der Waals surface area contributed by atoms with E-state index >= 15 is 0 Å². The molecule has 1 saturated heterocycles. The van der Waals surface area contributed by atoms with Crippen molar-refractivity contribution >= 4 is 5.91 Å². The maximum Gasteiger partial charge on any atom is 0.222 e. The van der Waals surface area contributed by atoms with E-state index in [0.717, 1.165) is 43.7 Å². The average Bonchev–Trinajstić information content (AvgIpc) is 2.69. The van der Waals surface area contributed by atoms with Crippen LogP contribution >= 0.6 is 0 Å².